The van der Waals surface area contributed by atoms with Gasteiger partial charge in [0.1, 0.15) is 0 Å². The monoisotopic (exact) mass is 228 g/mol. The number of halogens is 1. The van der Waals surface area contributed by atoms with E-state index in [-0.39, 0.29) is 5.56 Å². The largest absolute Gasteiger partial charge is 0.281 e. The van der Waals surface area contributed by atoms with Crippen LogP contribution in [0.25, 0.3) is 0 Å². The Balaban J connectivity index is 2.29. The van der Waals surface area contributed by atoms with Crippen LogP contribution in [0.15, 0.2) is 21.5 Å². The molecule has 4 heteroatoms. The van der Waals surface area contributed by atoms with Crippen molar-refractivity contribution >= 4 is 15.9 Å². The second-order valence-corrected chi connectivity index (χ2v) is 3.96. The maximum atomic E-state index is 11.4. The molecule has 12 heavy (non-hydrogen) atoms. The molecule has 2 rings (SSSR count). The van der Waals surface area contributed by atoms with E-state index in [2.05, 4.69) is 21.0 Å². The lowest BCUT2D eigenvalue weighted by atomic mass is 10.4. The minimum absolute atomic E-state index is 0.0237. The van der Waals surface area contributed by atoms with E-state index in [1.165, 1.54) is 17.5 Å². The number of nitrogens with zero attached hydrogens (tertiary/aromatic N) is 2. The molecular formula is C8H9BrN2O. The fraction of sp³-hybridized carbons (Fsp3) is 0.500. The molecule has 0 aromatic carbocycles. The predicted octanol–water partition coefficient (Wildman–Crippen LogP) is 1.42. The maximum absolute atomic E-state index is 11.4. The molecule has 0 amide bonds. The van der Waals surface area contributed by atoms with Crippen LogP contribution < -0.4 is 5.56 Å². The molecule has 1 aliphatic rings. The molecule has 0 aliphatic heterocycles. The molecule has 0 bridgehead atoms. The van der Waals surface area contributed by atoms with Crippen LogP contribution in [0.3, 0.4) is 0 Å². The highest BCUT2D eigenvalue weighted by atomic mass is 79.9. The van der Waals surface area contributed by atoms with Crippen LogP contribution in [0.2, 0.25) is 0 Å². The van der Waals surface area contributed by atoms with Crippen LogP contribution in [0, 0.1) is 5.92 Å². The van der Waals surface area contributed by atoms with E-state index in [4.69, 9.17) is 0 Å². The first-order valence-electron chi connectivity index (χ1n) is 3.99. The number of aromatic nitrogens is 2. The summed E-state index contributed by atoms with van der Waals surface area (Å²) in [5, 5.41) is 3.99. The van der Waals surface area contributed by atoms with Crippen LogP contribution in [0.1, 0.15) is 12.8 Å². The normalized spacial score (nSPS) is 16.4. The van der Waals surface area contributed by atoms with Gasteiger partial charge in [0, 0.05) is 12.7 Å². The molecule has 1 fully saturated rings. The second kappa shape index (κ2) is 3.01. The molecule has 1 saturated carbocycles. The van der Waals surface area contributed by atoms with Crippen molar-refractivity contribution in [3.63, 3.8) is 0 Å². The summed E-state index contributed by atoms with van der Waals surface area (Å²) in [6.07, 6.45) is 4.12. The molecule has 1 heterocycles. The number of hydrogen-bond acceptors (Lipinski definition) is 2. The highest BCUT2D eigenvalue weighted by molar-refractivity contribution is 9.10. The fourth-order valence-electron chi connectivity index (χ4n) is 1.10. The first-order valence-corrected chi connectivity index (χ1v) is 4.78. The van der Waals surface area contributed by atoms with Crippen LogP contribution in [0.5, 0.6) is 0 Å². The third kappa shape index (κ3) is 1.58. The SMILES string of the molecule is O=c1c(Br)ccnn1CC1CC1. The first kappa shape index (κ1) is 7.98. The minimum atomic E-state index is -0.0237. The van der Waals surface area contributed by atoms with Crippen molar-refractivity contribution in [3.05, 3.63) is 27.1 Å². The number of rotatable bonds is 2. The maximum Gasteiger partial charge on any atom is 0.281 e. The van der Waals surface area contributed by atoms with Gasteiger partial charge in [-0.3, -0.25) is 4.79 Å². The van der Waals surface area contributed by atoms with Crippen LogP contribution >= 0.6 is 15.9 Å². The molecule has 1 aromatic rings. The van der Waals surface area contributed by atoms with E-state index in [9.17, 15) is 4.79 Å². The Kier molecular flexibility index (Phi) is 2.00. The summed E-state index contributed by atoms with van der Waals surface area (Å²) in [7, 11) is 0. The van der Waals surface area contributed by atoms with Crippen molar-refractivity contribution in [1.82, 2.24) is 9.78 Å². The third-order valence-corrected chi connectivity index (χ3v) is 2.60. The molecule has 0 N–H and O–H groups in total. The molecule has 64 valence electrons. The highest BCUT2D eigenvalue weighted by Crippen LogP contribution is 2.29. The molecule has 0 atom stereocenters. The summed E-state index contributed by atoms with van der Waals surface area (Å²) in [5.74, 6) is 0.685. The average molecular weight is 229 g/mol. The molecule has 1 aliphatic carbocycles. The molecule has 0 spiro atoms. The van der Waals surface area contributed by atoms with Gasteiger partial charge in [-0.25, -0.2) is 4.68 Å². The second-order valence-electron chi connectivity index (χ2n) is 3.11. The highest BCUT2D eigenvalue weighted by Gasteiger charge is 2.22. The van der Waals surface area contributed by atoms with Gasteiger partial charge < -0.3 is 0 Å². The van der Waals surface area contributed by atoms with Gasteiger partial charge in [0.15, 0.2) is 0 Å². The summed E-state index contributed by atoms with van der Waals surface area (Å²) < 4.78 is 2.13. The van der Waals surface area contributed by atoms with Gasteiger partial charge in [0.2, 0.25) is 0 Å². The minimum Gasteiger partial charge on any atom is -0.267 e. The predicted molar refractivity (Wildman–Crippen MR) is 48.9 cm³/mol. The smallest absolute Gasteiger partial charge is 0.267 e. The summed E-state index contributed by atoms with van der Waals surface area (Å²) in [4.78, 5) is 11.4. The summed E-state index contributed by atoms with van der Waals surface area (Å²) in [6.45, 7) is 0.776. The van der Waals surface area contributed by atoms with Crippen molar-refractivity contribution in [2.24, 2.45) is 5.92 Å². The van der Waals surface area contributed by atoms with Crippen LogP contribution in [-0.2, 0) is 6.54 Å². The van der Waals surface area contributed by atoms with E-state index in [1.54, 1.807) is 12.3 Å². The van der Waals surface area contributed by atoms with E-state index in [0.29, 0.717) is 10.4 Å². The molecule has 0 unspecified atom stereocenters. The third-order valence-electron chi connectivity index (χ3n) is 1.99. The lowest BCUT2D eigenvalue weighted by molar-refractivity contribution is 0.531. The lowest BCUT2D eigenvalue weighted by Gasteiger charge is -2.01. The Bertz CT molecular complexity index is 343. The van der Waals surface area contributed by atoms with Crippen LogP contribution in [0.4, 0.5) is 0 Å². The van der Waals surface area contributed by atoms with Gasteiger partial charge in [0.05, 0.1) is 4.47 Å². The average Bonchev–Trinajstić information content (AvgIpc) is 2.83. The standard InChI is InChI=1S/C8H9BrN2O/c9-7-3-4-10-11(8(7)12)5-6-1-2-6/h3-4,6H,1-2,5H2. The summed E-state index contributed by atoms with van der Waals surface area (Å²) >= 11 is 3.18. The Morgan fingerprint density at radius 1 is 1.67 bits per heavy atom. The van der Waals surface area contributed by atoms with Crippen molar-refractivity contribution in [2.75, 3.05) is 0 Å². The van der Waals surface area contributed by atoms with Crippen molar-refractivity contribution in [2.45, 2.75) is 19.4 Å². The van der Waals surface area contributed by atoms with E-state index in [1.807, 2.05) is 0 Å². The summed E-state index contributed by atoms with van der Waals surface area (Å²) in [6, 6.07) is 1.67. The lowest BCUT2D eigenvalue weighted by Crippen LogP contribution is -2.23. The molecule has 0 radical (unpaired) electrons. The number of hydrogen-bond donors (Lipinski definition) is 0. The van der Waals surface area contributed by atoms with Gasteiger partial charge in [-0.2, -0.15) is 5.10 Å². The fourth-order valence-corrected chi connectivity index (χ4v) is 1.42. The molecular weight excluding hydrogens is 220 g/mol. The van der Waals surface area contributed by atoms with Crippen molar-refractivity contribution < 1.29 is 0 Å². The van der Waals surface area contributed by atoms with Crippen molar-refractivity contribution in [1.29, 1.82) is 0 Å². The van der Waals surface area contributed by atoms with E-state index in [0.717, 1.165) is 6.54 Å². The van der Waals surface area contributed by atoms with Crippen molar-refractivity contribution in [3.8, 4) is 0 Å². The van der Waals surface area contributed by atoms with E-state index >= 15 is 0 Å². The molecule has 3 nitrogen and oxygen atoms in total. The van der Waals surface area contributed by atoms with Gasteiger partial charge in [-0.15, -0.1) is 0 Å². The zero-order chi connectivity index (χ0) is 8.55. The van der Waals surface area contributed by atoms with Crippen LogP contribution in [-0.4, -0.2) is 9.78 Å². The Labute approximate surface area is 78.5 Å². The summed E-state index contributed by atoms with van der Waals surface area (Å²) in [5.41, 5.74) is -0.0237. The quantitative estimate of drug-likeness (QED) is 0.768. The topological polar surface area (TPSA) is 34.9 Å². The van der Waals surface area contributed by atoms with Gasteiger partial charge >= 0.3 is 0 Å². The molecule has 0 saturated heterocycles. The Morgan fingerprint density at radius 2 is 2.42 bits per heavy atom. The first-order chi connectivity index (χ1) is 5.77. The van der Waals surface area contributed by atoms with E-state index < -0.39 is 0 Å². The molecule has 1 aromatic heterocycles. The zero-order valence-corrected chi connectivity index (χ0v) is 8.12. The van der Waals surface area contributed by atoms with Gasteiger partial charge in [-0.1, -0.05) is 0 Å². The zero-order valence-electron chi connectivity index (χ0n) is 6.53. The Morgan fingerprint density at radius 3 is 3.08 bits per heavy atom. The van der Waals surface area contributed by atoms with Gasteiger partial charge in [0.25, 0.3) is 5.56 Å². The Hall–Kier alpha value is -0.640. The van der Waals surface area contributed by atoms with Gasteiger partial charge in [-0.05, 0) is 40.8 Å².